The number of amides is 1. The SMILES string of the molecule is COc1ccccc1OCC(=O)NN1Cc2ccccc2C1=N.[Br-]. The molecule has 0 bridgehead atoms. The highest BCUT2D eigenvalue weighted by atomic mass is 79.9. The molecule has 0 saturated heterocycles. The molecule has 0 spiro atoms. The molecule has 126 valence electrons. The predicted octanol–water partition coefficient (Wildman–Crippen LogP) is -1.05. The second kappa shape index (κ2) is 7.83. The Hall–Kier alpha value is -2.54. The van der Waals surface area contributed by atoms with Gasteiger partial charge in [-0.1, -0.05) is 36.4 Å². The van der Waals surface area contributed by atoms with Gasteiger partial charge in [-0.3, -0.25) is 20.6 Å². The topological polar surface area (TPSA) is 74.7 Å². The summed E-state index contributed by atoms with van der Waals surface area (Å²) in [4.78, 5) is 12.1. The highest BCUT2D eigenvalue weighted by molar-refractivity contribution is 6.01. The number of carbonyl (C=O) groups excluding carboxylic acids is 1. The molecule has 2 aromatic rings. The van der Waals surface area contributed by atoms with E-state index in [1.807, 2.05) is 36.4 Å². The maximum atomic E-state index is 12.1. The summed E-state index contributed by atoms with van der Waals surface area (Å²) >= 11 is 0. The van der Waals surface area contributed by atoms with Gasteiger partial charge in [-0.15, -0.1) is 0 Å². The molecule has 0 radical (unpaired) electrons. The molecule has 7 heteroatoms. The lowest BCUT2D eigenvalue weighted by atomic mass is 10.1. The molecule has 0 aromatic heterocycles. The van der Waals surface area contributed by atoms with E-state index < -0.39 is 0 Å². The minimum Gasteiger partial charge on any atom is -1.00 e. The molecule has 1 heterocycles. The third kappa shape index (κ3) is 3.68. The van der Waals surface area contributed by atoms with Crippen LogP contribution in [-0.4, -0.2) is 30.5 Å². The first kappa shape index (κ1) is 17.8. The maximum Gasteiger partial charge on any atom is 0.276 e. The molecule has 1 amide bonds. The van der Waals surface area contributed by atoms with Crippen molar-refractivity contribution in [1.82, 2.24) is 10.4 Å². The number of carbonyl (C=O) groups is 1. The van der Waals surface area contributed by atoms with E-state index in [1.165, 1.54) is 5.01 Å². The largest absolute Gasteiger partial charge is 1.00 e. The maximum absolute atomic E-state index is 12.1. The van der Waals surface area contributed by atoms with Gasteiger partial charge in [0.25, 0.3) is 5.91 Å². The van der Waals surface area contributed by atoms with Crippen molar-refractivity contribution in [3.8, 4) is 11.5 Å². The van der Waals surface area contributed by atoms with Gasteiger partial charge in [0.1, 0.15) is 5.84 Å². The molecular formula is C17H17BrN3O3-. The van der Waals surface area contributed by atoms with Crippen molar-refractivity contribution in [2.24, 2.45) is 0 Å². The van der Waals surface area contributed by atoms with E-state index >= 15 is 0 Å². The minimum absolute atomic E-state index is 0. The minimum atomic E-state index is -0.325. The van der Waals surface area contributed by atoms with Crippen molar-refractivity contribution in [2.75, 3.05) is 13.7 Å². The summed E-state index contributed by atoms with van der Waals surface area (Å²) in [5, 5.41) is 9.60. The van der Waals surface area contributed by atoms with Gasteiger partial charge in [-0.05, 0) is 17.7 Å². The highest BCUT2D eigenvalue weighted by Crippen LogP contribution is 2.25. The smallest absolute Gasteiger partial charge is 0.276 e. The number of fused-ring (bicyclic) bond motifs is 1. The van der Waals surface area contributed by atoms with Gasteiger partial charge in [0, 0.05) is 5.56 Å². The predicted molar refractivity (Wildman–Crippen MR) is 85.4 cm³/mol. The molecule has 2 N–H and O–H groups in total. The molecule has 2 aromatic carbocycles. The summed E-state index contributed by atoms with van der Waals surface area (Å²) in [7, 11) is 1.55. The van der Waals surface area contributed by atoms with Crippen molar-refractivity contribution in [1.29, 1.82) is 5.41 Å². The zero-order valence-electron chi connectivity index (χ0n) is 13.1. The number of rotatable bonds is 5. The van der Waals surface area contributed by atoms with Crippen LogP contribution < -0.4 is 31.9 Å². The fourth-order valence-electron chi connectivity index (χ4n) is 2.44. The summed E-state index contributed by atoms with van der Waals surface area (Å²) in [5.41, 5.74) is 4.54. The van der Waals surface area contributed by atoms with Crippen LogP contribution in [0.4, 0.5) is 0 Å². The first-order valence-corrected chi connectivity index (χ1v) is 7.18. The first-order valence-electron chi connectivity index (χ1n) is 7.18. The van der Waals surface area contributed by atoms with E-state index in [0.29, 0.717) is 18.0 Å². The number of halogens is 1. The van der Waals surface area contributed by atoms with Gasteiger partial charge < -0.3 is 26.5 Å². The Labute approximate surface area is 150 Å². The fourth-order valence-corrected chi connectivity index (χ4v) is 2.44. The normalized spacial score (nSPS) is 12.2. The Morgan fingerprint density at radius 1 is 1.17 bits per heavy atom. The summed E-state index contributed by atoms with van der Waals surface area (Å²) in [5.74, 6) is 1.03. The lowest BCUT2D eigenvalue weighted by Gasteiger charge is -2.19. The third-order valence-corrected chi connectivity index (χ3v) is 3.56. The zero-order chi connectivity index (χ0) is 16.2. The first-order chi connectivity index (χ1) is 11.2. The van der Waals surface area contributed by atoms with Crippen LogP contribution in [0.15, 0.2) is 48.5 Å². The number of ether oxygens (including phenoxy) is 2. The molecule has 1 aliphatic rings. The van der Waals surface area contributed by atoms with E-state index in [-0.39, 0.29) is 35.3 Å². The van der Waals surface area contributed by atoms with Crippen LogP contribution >= 0.6 is 0 Å². The van der Waals surface area contributed by atoms with Gasteiger partial charge in [0.15, 0.2) is 18.1 Å². The van der Waals surface area contributed by atoms with Gasteiger partial charge in [0.2, 0.25) is 0 Å². The molecule has 0 unspecified atom stereocenters. The molecule has 24 heavy (non-hydrogen) atoms. The van der Waals surface area contributed by atoms with Crippen LogP contribution in [0.1, 0.15) is 11.1 Å². The van der Waals surface area contributed by atoms with Crippen LogP contribution in [0.5, 0.6) is 11.5 Å². The average Bonchev–Trinajstić information content (AvgIpc) is 2.89. The number of hydrogen-bond acceptors (Lipinski definition) is 4. The highest BCUT2D eigenvalue weighted by Gasteiger charge is 2.25. The molecule has 0 fully saturated rings. The molecule has 0 atom stereocenters. The number of benzene rings is 2. The Balaban J connectivity index is 0.00000208. The number of hydrogen-bond donors (Lipinski definition) is 2. The van der Waals surface area contributed by atoms with Crippen molar-refractivity contribution in [3.63, 3.8) is 0 Å². The lowest BCUT2D eigenvalue weighted by molar-refractivity contribution is -0.126. The van der Waals surface area contributed by atoms with Crippen LogP contribution in [0.25, 0.3) is 0 Å². The summed E-state index contributed by atoms with van der Waals surface area (Å²) < 4.78 is 10.6. The molecular weight excluding hydrogens is 374 g/mol. The van der Waals surface area contributed by atoms with E-state index in [4.69, 9.17) is 14.9 Å². The van der Waals surface area contributed by atoms with Gasteiger partial charge in [-0.25, -0.2) is 0 Å². The van der Waals surface area contributed by atoms with Crippen molar-refractivity contribution >= 4 is 11.7 Å². The summed E-state index contributed by atoms with van der Waals surface area (Å²) in [6.07, 6.45) is 0. The number of amidine groups is 1. The molecule has 0 aliphatic carbocycles. The van der Waals surface area contributed by atoms with Crippen LogP contribution in [0.2, 0.25) is 0 Å². The van der Waals surface area contributed by atoms with Crippen LogP contribution in [-0.2, 0) is 11.3 Å². The average molecular weight is 391 g/mol. The van der Waals surface area contributed by atoms with Gasteiger partial charge in [0.05, 0.1) is 13.7 Å². The molecule has 6 nitrogen and oxygen atoms in total. The van der Waals surface area contributed by atoms with Crippen molar-refractivity contribution < 1.29 is 31.2 Å². The van der Waals surface area contributed by atoms with E-state index in [9.17, 15) is 4.79 Å². The monoisotopic (exact) mass is 390 g/mol. The standard InChI is InChI=1S/C17H17N3O3.BrH/c1-22-14-8-4-5-9-15(14)23-11-16(21)19-20-10-12-6-2-3-7-13(12)17(20)18;/h2-9,18H,10-11H2,1H3,(H,19,21);1H/p-1. The number of nitrogens with one attached hydrogen (secondary N) is 2. The Kier molecular flexibility index (Phi) is 5.81. The Morgan fingerprint density at radius 2 is 1.83 bits per heavy atom. The second-order valence-corrected chi connectivity index (χ2v) is 5.07. The second-order valence-electron chi connectivity index (χ2n) is 5.07. The number of methoxy groups -OCH3 is 1. The molecule has 3 rings (SSSR count). The van der Waals surface area contributed by atoms with Crippen LogP contribution in [0, 0.1) is 5.41 Å². The Morgan fingerprint density at radius 3 is 2.54 bits per heavy atom. The third-order valence-electron chi connectivity index (χ3n) is 3.56. The molecule has 1 aliphatic heterocycles. The lowest BCUT2D eigenvalue weighted by Crippen LogP contribution is -3.00. The Bertz CT molecular complexity index is 751. The summed E-state index contributed by atoms with van der Waals surface area (Å²) in [6.45, 7) is 0.329. The quantitative estimate of drug-likeness (QED) is 0.683. The number of hydrazine groups is 1. The number of para-hydroxylation sites is 2. The van der Waals surface area contributed by atoms with Crippen molar-refractivity contribution in [2.45, 2.75) is 6.54 Å². The van der Waals surface area contributed by atoms with Crippen LogP contribution in [0.3, 0.4) is 0 Å². The number of nitrogens with zero attached hydrogens (tertiary/aromatic N) is 1. The molecule has 0 saturated carbocycles. The van der Waals surface area contributed by atoms with E-state index in [0.717, 1.165) is 11.1 Å². The van der Waals surface area contributed by atoms with Gasteiger partial charge in [-0.2, -0.15) is 0 Å². The van der Waals surface area contributed by atoms with E-state index in [1.54, 1.807) is 19.2 Å². The van der Waals surface area contributed by atoms with Crippen molar-refractivity contribution in [3.05, 3.63) is 59.7 Å². The van der Waals surface area contributed by atoms with E-state index in [2.05, 4.69) is 5.43 Å². The zero-order valence-corrected chi connectivity index (χ0v) is 14.7. The van der Waals surface area contributed by atoms with Gasteiger partial charge >= 0.3 is 0 Å². The fraction of sp³-hybridized carbons (Fsp3) is 0.176. The summed E-state index contributed by atoms with van der Waals surface area (Å²) in [6, 6.07) is 14.7.